The lowest BCUT2D eigenvalue weighted by molar-refractivity contribution is 0.468. The molecule has 1 aromatic rings. The van der Waals surface area contributed by atoms with Crippen molar-refractivity contribution in [3.8, 4) is 0 Å². The van der Waals surface area contributed by atoms with Gasteiger partial charge < -0.3 is 0 Å². The van der Waals surface area contributed by atoms with Gasteiger partial charge in [0.05, 0.1) is 21.1 Å². The summed E-state index contributed by atoms with van der Waals surface area (Å²) in [5.74, 6) is 1.04. The van der Waals surface area contributed by atoms with E-state index in [0.29, 0.717) is 0 Å². The maximum atomic E-state index is 4.39. The fourth-order valence-electron chi connectivity index (χ4n) is 0.804. The molecule has 0 amide bonds. The molecule has 0 aromatic carbocycles. The van der Waals surface area contributed by atoms with Crippen molar-refractivity contribution >= 4 is 17.6 Å². The van der Waals surface area contributed by atoms with Gasteiger partial charge >= 0.3 is 0 Å². The third-order valence-electron chi connectivity index (χ3n) is 1.49. The van der Waals surface area contributed by atoms with Gasteiger partial charge in [0, 0.05) is 12.3 Å². The molecule has 66 valence electrons. The monoisotopic (exact) mass is 184 g/mol. The summed E-state index contributed by atoms with van der Waals surface area (Å²) in [7, 11) is 6.27. The van der Waals surface area contributed by atoms with Gasteiger partial charge in [-0.2, -0.15) is 4.98 Å². The lowest BCUT2D eigenvalue weighted by Crippen LogP contribution is -2.35. The summed E-state index contributed by atoms with van der Waals surface area (Å²) in [5.41, 5.74) is 0. The number of hydrogen-bond donors (Lipinski definition) is 0. The second-order valence-corrected chi connectivity index (χ2v) is 4.19. The standard InChI is InChI=1S/C8H14N3S/c1-11(2,3)7-5-6-9-8(10-7)12-4/h5-6H,1-4H3/q+1. The first kappa shape index (κ1) is 9.48. The normalized spacial score (nSPS) is 11.7. The molecule has 0 radical (unpaired) electrons. The molecule has 1 aromatic heterocycles. The zero-order valence-corrected chi connectivity index (χ0v) is 8.72. The molecule has 12 heavy (non-hydrogen) atoms. The molecule has 0 aliphatic carbocycles. The Kier molecular flexibility index (Phi) is 2.69. The predicted octanol–water partition coefficient (Wildman–Crippen LogP) is 1.40. The number of hydrogen-bond acceptors (Lipinski definition) is 3. The fraction of sp³-hybridized carbons (Fsp3) is 0.500. The Labute approximate surface area is 77.4 Å². The Morgan fingerprint density at radius 2 is 2.00 bits per heavy atom. The molecule has 0 unspecified atom stereocenters. The van der Waals surface area contributed by atoms with E-state index in [1.807, 2.05) is 12.3 Å². The maximum absolute atomic E-state index is 4.39. The molecule has 1 rings (SSSR count). The van der Waals surface area contributed by atoms with Crippen molar-refractivity contribution in [3.63, 3.8) is 0 Å². The molecular formula is C8H14N3S+. The highest BCUT2D eigenvalue weighted by molar-refractivity contribution is 7.98. The zero-order valence-electron chi connectivity index (χ0n) is 7.90. The molecule has 0 aliphatic rings. The molecule has 0 bridgehead atoms. The molecular weight excluding hydrogens is 170 g/mol. The van der Waals surface area contributed by atoms with Crippen molar-refractivity contribution in [3.05, 3.63) is 12.3 Å². The highest BCUT2D eigenvalue weighted by atomic mass is 32.2. The van der Waals surface area contributed by atoms with Gasteiger partial charge in [0.25, 0.3) is 0 Å². The predicted molar refractivity (Wildman–Crippen MR) is 53.4 cm³/mol. The second kappa shape index (κ2) is 3.41. The first-order valence-corrected chi connectivity index (χ1v) is 4.95. The maximum Gasteiger partial charge on any atom is 0.230 e. The summed E-state index contributed by atoms with van der Waals surface area (Å²) < 4.78 is 0.732. The summed E-state index contributed by atoms with van der Waals surface area (Å²) in [4.78, 5) is 8.50. The minimum absolute atomic E-state index is 0.732. The van der Waals surface area contributed by atoms with Crippen LogP contribution in [-0.2, 0) is 0 Å². The van der Waals surface area contributed by atoms with Crippen LogP contribution in [0.2, 0.25) is 0 Å². The van der Waals surface area contributed by atoms with Crippen LogP contribution in [-0.4, -0.2) is 37.4 Å². The van der Waals surface area contributed by atoms with Crippen molar-refractivity contribution in [2.45, 2.75) is 5.16 Å². The average Bonchev–Trinajstić information content (AvgIpc) is 2.03. The molecule has 0 saturated heterocycles. The lowest BCUT2D eigenvalue weighted by atomic mass is 10.5. The smallest absolute Gasteiger partial charge is 0.230 e. The summed E-state index contributed by atoms with van der Waals surface area (Å²) in [6, 6.07) is 1.94. The Morgan fingerprint density at radius 1 is 1.33 bits per heavy atom. The quantitative estimate of drug-likeness (QED) is 0.395. The molecule has 3 nitrogen and oxygen atoms in total. The SMILES string of the molecule is CSc1nccc([N+](C)(C)C)n1. The third kappa shape index (κ3) is 2.19. The number of aromatic nitrogens is 2. The molecule has 4 heteroatoms. The van der Waals surface area contributed by atoms with Crippen molar-refractivity contribution in [1.82, 2.24) is 14.5 Å². The minimum atomic E-state index is 0.732. The number of nitrogens with zero attached hydrogens (tertiary/aromatic N) is 3. The molecule has 0 fully saturated rings. The van der Waals surface area contributed by atoms with Crippen LogP contribution < -0.4 is 4.48 Å². The minimum Gasteiger partial charge on any atom is -0.282 e. The van der Waals surface area contributed by atoms with Gasteiger partial charge in [-0.1, -0.05) is 11.8 Å². The van der Waals surface area contributed by atoms with Crippen molar-refractivity contribution < 1.29 is 0 Å². The molecule has 0 N–H and O–H groups in total. The highest BCUT2D eigenvalue weighted by Gasteiger charge is 2.13. The van der Waals surface area contributed by atoms with E-state index < -0.39 is 0 Å². The lowest BCUT2D eigenvalue weighted by Gasteiger charge is -2.21. The molecule has 0 saturated carbocycles. The number of thioether (sulfide) groups is 1. The summed E-state index contributed by atoms with van der Waals surface area (Å²) in [6.07, 6.45) is 3.78. The zero-order chi connectivity index (χ0) is 9.19. The first-order chi connectivity index (χ1) is 5.54. The summed E-state index contributed by atoms with van der Waals surface area (Å²) in [6.45, 7) is 0. The molecule has 0 atom stereocenters. The topological polar surface area (TPSA) is 25.8 Å². The van der Waals surface area contributed by atoms with E-state index in [2.05, 4.69) is 31.1 Å². The van der Waals surface area contributed by atoms with Crippen molar-refractivity contribution in [2.75, 3.05) is 27.4 Å². The summed E-state index contributed by atoms with van der Waals surface area (Å²) >= 11 is 1.57. The van der Waals surface area contributed by atoms with E-state index in [-0.39, 0.29) is 0 Å². The van der Waals surface area contributed by atoms with Crippen LogP contribution >= 0.6 is 11.8 Å². The number of rotatable bonds is 2. The van der Waals surface area contributed by atoms with Crippen LogP contribution in [0.4, 0.5) is 5.82 Å². The molecule has 1 heterocycles. The van der Waals surface area contributed by atoms with E-state index in [1.165, 1.54) is 0 Å². The van der Waals surface area contributed by atoms with Crippen LogP contribution in [0.3, 0.4) is 0 Å². The van der Waals surface area contributed by atoms with Gasteiger partial charge in [-0.25, -0.2) is 4.98 Å². The summed E-state index contributed by atoms with van der Waals surface area (Å²) in [5, 5.41) is 0.834. The van der Waals surface area contributed by atoms with E-state index in [1.54, 1.807) is 18.0 Å². The second-order valence-electron chi connectivity index (χ2n) is 3.41. The van der Waals surface area contributed by atoms with Crippen LogP contribution in [0.25, 0.3) is 0 Å². The number of quaternary nitrogens is 1. The van der Waals surface area contributed by atoms with E-state index >= 15 is 0 Å². The molecule has 0 aliphatic heterocycles. The van der Waals surface area contributed by atoms with E-state index in [4.69, 9.17) is 0 Å². The van der Waals surface area contributed by atoms with Crippen LogP contribution in [0.5, 0.6) is 0 Å². The van der Waals surface area contributed by atoms with E-state index in [9.17, 15) is 0 Å². The Bertz CT molecular complexity index is 267. The van der Waals surface area contributed by atoms with Crippen LogP contribution in [0, 0.1) is 0 Å². The van der Waals surface area contributed by atoms with Crippen LogP contribution in [0.15, 0.2) is 17.4 Å². The Hall–Kier alpha value is -0.610. The van der Waals surface area contributed by atoms with Gasteiger partial charge in [-0.15, -0.1) is 0 Å². The van der Waals surface area contributed by atoms with Gasteiger partial charge in [0.1, 0.15) is 0 Å². The van der Waals surface area contributed by atoms with E-state index in [0.717, 1.165) is 15.5 Å². The Balaban J connectivity index is 3.02. The van der Waals surface area contributed by atoms with Crippen molar-refractivity contribution in [2.24, 2.45) is 0 Å². The van der Waals surface area contributed by atoms with Gasteiger partial charge in [-0.05, 0) is 6.26 Å². The average molecular weight is 184 g/mol. The highest BCUT2D eigenvalue weighted by Crippen LogP contribution is 2.15. The third-order valence-corrected chi connectivity index (χ3v) is 2.05. The molecule has 0 spiro atoms. The Morgan fingerprint density at radius 3 is 2.50 bits per heavy atom. The van der Waals surface area contributed by atoms with Gasteiger partial charge in [-0.3, -0.25) is 4.48 Å². The van der Waals surface area contributed by atoms with Crippen molar-refractivity contribution in [1.29, 1.82) is 0 Å². The fourth-order valence-corrected chi connectivity index (χ4v) is 1.15. The van der Waals surface area contributed by atoms with Gasteiger partial charge in [0.2, 0.25) is 5.82 Å². The largest absolute Gasteiger partial charge is 0.282 e. The van der Waals surface area contributed by atoms with Crippen LogP contribution in [0.1, 0.15) is 0 Å². The first-order valence-electron chi connectivity index (χ1n) is 3.73. The van der Waals surface area contributed by atoms with Gasteiger partial charge in [0.15, 0.2) is 5.16 Å².